The van der Waals surface area contributed by atoms with Crippen molar-refractivity contribution in [2.45, 2.75) is 13.3 Å². The van der Waals surface area contributed by atoms with Crippen molar-refractivity contribution in [3.8, 4) is 0 Å². The number of hydrogen-bond donors (Lipinski definition) is 1. The molecule has 0 aliphatic carbocycles. The van der Waals surface area contributed by atoms with Crippen LogP contribution in [0.15, 0.2) is 6.07 Å². The lowest BCUT2D eigenvalue weighted by atomic mass is 10.1. The maximum Gasteiger partial charge on any atom is 0.226 e. The second-order valence-electron chi connectivity index (χ2n) is 4.37. The Balaban J connectivity index is 0.00000144. The highest BCUT2D eigenvalue weighted by atomic mass is 35.5. The van der Waals surface area contributed by atoms with Gasteiger partial charge in [-0.15, -0.1) is 12.4 Å². The molecule has 1 fully saturated rings. The number of halogens is 2. The van der Waals surface area contributed by atoms with Gasteiger partial charge < -0.3 is 10.2 Å². The zero-order valence-corrected chi connectivity index (χ0v) is 11.7. The van der Waals surface area contributed by atoms with Crippen molar-refractivity contribution in [2.75, 3.05) is 31.6 Å². The van der Waals surface area contributed by atoms with Crippen LogP contribution in [-0.4, -0.2) is 36.6 Å². The Bertz CT molecular complexity index is 346. The average Bonchev–Trinajstić information content (AvgIpc) is 2.68. The number of aryl methyl sites for hydroxylation is 1. The van der Waals surface area contributed by atoms with Gasteiger partial charge in [0.15, 0.2) is 0 Å². The molecule has 2 heterocycles. The maximum absolute atomic E-state index is 5.92. The lowest BCUT2D eigenvalue weighted by molar-refractivity contribution is 0.572. The summed E-state index contributed by atoms with van der Waals surface area (Å²) < 4.78 is 0. The first-order valence-corrected chi connectivity index (χ1v) is 5.96. The third-order valence-corrected chi connectivity index (χ3v) is 3.04. The van der Waals surface area contributed by atoms with Gasteiger partial charge in [0.25, 0.3) is 0 Å². The van der Waals surface area contributed by atoms with E-state index in [4.69, 9.17) is 11.6 Å². The molecule has 0 saturated carbocycles. The van der Waals surface area contributed by atoms with Gasteiger partial charge in [0.1, 0.15) is 5.15 Å². The van der Waals surface area contributed by atoms with Crippen molar-refractivity contribution >= 4 is 30.0 Å². The molecule has 6 heteroatoms. The van der Waals surface area contributed by atoms with Gasteiger partial charge in [-0.1, -0.05) is 11.6 Å². The molecule has 1 saturated heterocycles. The first kappa shape index (κ1) is 14.5. The minimum absolute atomic E-state index is 0. The molecule has 4 nitrogen and oxygen atoms in total. The zero-order valence-electron chi connectivity index (χ0n) is 10.1. The van der Waals surface area contributed by atoms with E-state index in [1.54, 1.807) is 6.07 Å². The third-order valence-electron chi connectivity index (χ3n) is 2.85. The molecule has 2 rings (SSSR count). The highest BCUT2D eigenvalue weighted by Crippen LogP contribution is 2.15. The molecule has 1 unspecified atom stereocenters. The number of nitrogens with zero attached hydrogens (tertiary/aromatic N) is 3. The Morgan fingerprint density at radius 3 is 2.88 bits per heavy atom. The fourth-order valence-corrected chi connectivity index (χ4v) is 2.26. The molecule has 0 spiro atoms. The Morgan fingerprint density at radius 1 is 1.53 bits per heavy atom. The van der Waals surface area contributed by atoms with Crippen LogP contribution in [0, 0.1) is 12.8 Å². The molecule has 1 aliphatic heterocycles. The predicted molar refractivity (Wildman–Crippen MR) is 73.3 cm³/mol. The molecule has 1 N–H and O–H groups in total. The maximum atomic E-state index is 5.92. The van der Waals surface area contributed by atoms with Crippen molar-refractivity contribution in [3.63, 3.8) is 0 Å². The van der Waals surface area contributed by atoms with Crippen LogP contribution in [0.5, 0.6) is 0 Å². The normalized spacial score (nSPS) is 18.9. The molecule has 17 heavy (non-hydrogen) atoms. The van der Waals surface area contributed by atoms with Gasteiger partial charge in [-0.3, -0.25) is 0 Å². The average molecular weight is 277 g/mol. The Kier molecular flexibility index (Phi) is 5.43. The molecular weight excluding hydrogens is 259 g/mol. The summed E-state index contributed by atoms with van der Waals surface area (Å²) in [6.07, 6.45) is 1.23. The van der Waals surface area contributed by atoms with E-state index in [-0.39, 0.29) is 12.4 Å². The minimum atomic E-state index is 0. The molecule has 0 radical (unpaired) electrons. The monoisotopic (exact) mass is 276 g/mol. The van der Waals surface area contributed by atoms with Crippen LogP contribution in [0.4, 0.5) is 5.95 Å². The fraction of sp³-hybridized carbons (Fsp3) is 0.636. The first-order valence-electron chi connectivity index (χ1n) is 5.58. The van der Waals surface area contributed by atoms with Crippen LogP contribution in [0.3, 0.4) is 0 Å². The number of anilines is 1. The van der Waals surface area contributed by atoms with Gasteiger partial charge >= 0.3 is 0 Å². The van der Waals surface area contributed by atoms with E-state index in [1.165, 1.54) is 6.42 Å². The Morgan fingerprint density at radius 2 is 2.29 bits per heavy atom. The molecule has 0 aromatic carbocycles. The summed E-state index contributed by atoms with van der Waals surface area (Å²) in [5.41, 5.74) is 0.909. The van der Waals surface area contributed by atoms with Crippen molar-refractivity contribution in [2.24, 2.45) is 5.92 Å². The largest absolute Gasteiger partial charge is 0.344 e. The van der Waals surface area contributed by atoms with Crippen molar-refractivity contribution in [1.82, 2.24) is 15.3 Å². The van der Waals surface area contributed by atoms with Gasteiger partial charge in [0.05, 0.1) is 0 Å². The molecule has 0 bridgehead atoms. The standard InChI is InChI=1S/C11H17ClN4.ClH/c1-8-5-10(12)15-11(14-8)16(2)7-9-3-4-13-6-9;/h5,9,13H,3-4,6-7H2,1-2H3;1H. The Hall–Kier alpha value is -0.580. The summed E-state index contributed by atoms with van der Waals surface area (Å²) in [6, 6.07) is 1.77. The van der Waals surface area contributed by atoms with Crippen molar-refractivity contribution < 1.29 is 0 Å². The summed E-state index contributed by atoms with van der Waals surface area (Å²) in [4.78, 5) is 10.7. The predicted octanol–water partition coefficient (Wildman–Crippen LogP) is 1.91. The van der Waals surface area contributed by atoms with Crippen LogP contribution in [-0.2, 0) is 0 Å². The summed E-state index contributed by atoms with van der Waals surface area (Å²) in [5.74, 6) is 1.41. The molecule has 1 atom stereocenters. The molecular formula is C11H18Cl2N4. The van der Waals surface area contributed by atoms with Gasteiger partial charge in [0.2, 0.25) is 5.95 Å². The lowest BCUT2D eigenvalue weighted by Gasteiger charge is -2.20. The quantitative estimate of drug-likeness (QED) is 0.857. The van der Waals surface area contributed by atoms with E-state index in [0.717, 1.165) is 31.3 Å². The molecule has 0 amide bonds. The number of nitrogens with one attached hydrogen (secondary N) is 1. The zero-order chi connectivity index (χ0) is 11.5. The van der Waals surface area contributed by atoms with Crippen LogP contribution in [0.25, 0.3) is 0 Å². The molecule has 1 aliphatic rings. The van der Waals surface area contributed by atoms with Gasteiger partial charge in [0, 0.05) is 19.3 Å². The van der Waals surface area contributed by atoms with Crippen molar-refractivity contribution in [3.05, 3.63) is 16.9 Å². The van der Waals surface area contributed by atoms with Gasteiger partial charge in [-0.25, -0.2) is 9.97 Å². The highest BCUT2D eigenvalue weighted by Gasteiger charge is 2.17. The van der Waals surface area contributed by atoms with Gasteiger partial charge in [-0.05, 0) is 38.4 Å². The SMILES string of the molecule is Cc1cc(Cl)nc(N(C)CC2CCNC2)n1.Cl. The summed E-state index contributed by atoms with van der Waals surface area (Å²) in [5, 5.41) is 3.87. The lowest BCUT2D eigenvalue weighted by Crippen LogP contribution is -2.28. The van der Waals surface area contributed by atoms with E-state index in [2.05, 4.69) is 20.2 Å². The van der Waals surface area contributed by atoms with Crippen LogP contribution >= 0.6 is 24.0 Å². The number of rotatable bonds is 3. The summed E-state index contributed by atoms with van der Waals surface area (Å²) in [7, 11) is 2.02. The highest BCUT2D eigenvalue weighted by molar-refractivity contribution is 6.29. The minimum Gasteiger partial charge on any atom is -0.344 e. The van der Waals surface area contributed by atoms with E-state index in [1.807, 2.05) is 14.0 Å². The second-order valence-corrected chi connectivity index (χ2v) is 4.76. The van der Waals surface area contributed by atoms with Gasteiger partial charge in [-0.2, -0.15) is 0 Å². The van der Waals surface area contributed by atoms with E-state index in [0.29, 0.717) is 11.1 Å². The summed E-state index contributed by atoms with van der Waals surface area (Å²) >= 11 is 5.92. The fourth-order valence-electron chi connectivity index (χ4n) is 2.03. The van der Waals surface area contributed by atoms with E-state index in [9.17, 15) is 0 Å². The molecule has 1 aromatic heterocycles. The first-order chi connectivity index (χ1) is 7.65. The van der Waals surface area contributed by atoms with E-state index >= 15 is 0 Å². The van der Waals surface area contributed by atoms with Crippen molar-refractivity contribution in [1.29, 1.82) is 0 Å². The summed E-state index contributed by atoms with van der Waals surface area (Å²) in [6.45, 7) is 5.12. The Labute approximate surface area is 113 Å². The topological polar surface area (TPSA) is 41.1 Å². The third kappa shape index (κ3) is 3.98. The second kappa shape index (κ2) is 6.38. The van der Waals surface area contributed by atoms with Crippen LogP contribution in [0.2, 0.25) is 5.15 Å². The molecule has 96 valence electrons. The molecule has 1 aromatic rings. The number of aromatic nitrogens is 2. The van der Waals surface area contributed by atoms with Crippen LogP contribution < -0.4 is 10.2 Å². The smallest absolute Gasteiger partial charge is 0.226 e. The number of hydrogen-bond acceptors (Lipinski definition) is 4. The van der Waals surface area contributed by atoms with Crippen LogP contribution in [0.1, 0.15) is 12.1 Å². The van der Waals surface area contributed by atoms with E-state index < -0.39 is 0 Å².